The summed E-state index contributed by atoms with van der Waals surface area (Å²) in [6.07, 6.45) is 6.96. The molecule has 1 aliphatic heterocycles. The van der Waals surface area contributed by atoms with Crippen LogP contribution >= 0.6 is 0 Å². The third-order valence-electron chi connectivity index (χ3n) is 5.34. The lowest BCUT2D eigenvalue weighted by Crippen LogP contribution is -2.33. The molecule has 0 radical (unpaired) electrons. The fourth-order valence-electron chi connectivity index (χ4n) is 3.82. The Balaban J connectivity index is 1.28. The van der Waals surface area contributed by atoms with E-state index >= 15 is 0 Å². The average Bonchev–Trinajstić information content (AvgIpc) is 3.38. The lowest BCUT2D eigenvalue weighted by atomic mass is 9.97. The van der Waals surface area contributed by atoms with Crippen molar-refractivity contribution in [2.45, 2.75) is 52.1 Å². The monoisotopic (exact) mass is 395 g/mol. The number of rotatable bonds is 8. The number of piperidine rings is 1. The summed E-state index contributed by atoms with van der Waals surface area (Å²) in [4.78, 5) is 7.09. The molecule has 1 fully saturated rings. The summed E-state index contributed by atoms with van der Waals surface area (Å²) in [6, 6.07) is 8.05. The molecule has 1 atom stereocenters. The van der Waals surface area contributed by atoms with Gasteiger partial charge in [-0.15, -0.1) is 0 Å². The van der Waals surface area contributed by atoms with Crippen LogP contribution < -0.4 is 4.74 Å². The molecule has 154 valence electrons. The zero-order valence-electron chi connectivity index (χ0n) is 17.3. The van der Waals surface area contributed by atoms with Gasteiger partial charge in [0, 0.05) is 37.8 Å². The maximum absolute atomic E-state index is 5.80. The highest BCUT2D eigenvalue weighted by molar-refractivity contribution is 5.27. The van der Waals surface area contributed by atoms with Crippen molar-refractivity contribution in [1.29, 1.82) is 0 Å². The van der Waals surface area contributed by atoms with E-state index in [1.807, 2.05) is 29.1 Å². The molecule has 4 rings (SSSR count). The van der Waals surface area contributed by atoms with E-state index in [9.17, 15) is 0 Å². The van der Waals surface area contributed by atoms with E-state index in [0.29, 0.717) is 24.8 Å². The van der Waals surface area contributed by atoms with Crippen LogP contribution in [-0.2, 0) is 19.5 Å². The largest absolute Gasteiger partial charge is 0.493 e. The number of aryl methyl sites for hydroxylation is 2. The van der Waals surface area contributed by atoms with Gasteiger partial charge in [0.25, 0.3) is 0 Å². The van der Waals surface area contributed by atoms with Crippen molar-refractivity contribution < 1.29 is 9.26 Å². The summed E-state index contributed by atoms with van der Waals surface area (Å²) in [5.41, 5.74) is 2.44. The second-order valence-corrected chi connectivity index (χ2v) is 7.74. The first kappa shape index (κ1) is 19.6. The number of benzene rings is 1. The summed E-state index contributed by atoms with van der Waals surface area (Å²) < 4.78 is 13.4. The third-order valence-corrected chi connectivity index (χ3v) is 5.34. The summed E-state index contributed by atoms with van der Waals surface area (Å²) in [6.45, 7) is 8.57. The standard InChI is InChI=1S/C22H29N5O2/c1-3-27-15-18(13-23-27)14-26-10-5-7-19(16-26)22-24-21(25-29-22)9-11-28-20-8-4-6-17(2)12-20/h4,6,8,12-13,15,19H,3,5,7,9-11,14,16H2,1-2H3. The zero-order chi connectivity index (χ0) is 20.1. The summed E-state index contributed by atoms with van der Waals surface area (Å²) in [7, 11) is 0. The fourth-order valence-corrected chi connectivity index (χ4v) is 3.82. The molecule has 0 amide bonds. The first-order valence-electron chi connectivity index (χ1n) is 10.4. The van der Waals surface area contributed by atoms with Crippen molar-refractivity contribution in [2.24, 2.45) is 0 Å². The molecule has 1 aliphatic rings. The minimum absolute atomic E-state index is 0.295. The van der Waals surface area contributed by atoms with Gasteiger partial charge in [-0.2, -0.15) is 10.1 Å². The topological polar surface area (TPSA) is 69.2 Å². The maximum Gasteiger partial charge on any atom is 0.231 e. The minimum Gasteiger partial charge on any atom is -0.493 e. The highest BCUT2D eigenvalue weighted by atomic mass is 16.5. The van der Waals surface area contributed by atoms with Crippen molar-refractivity contribution in [3.05, 3.63) is 59.5 Å². The van der Waals surface area contributed by atoms with Crippen LogP contribution in [0.2, 0.25) is 0 Å². The van der Waals surface area contributed by atoms with E-state index in [0.717, 1.165) is 50.7 Å². The Bertz CT molecular complexity index is 919. The third kappa shape index (κ3) is 5.23. The van der Waals surface area contributed by atoms with Crippen LogP contribution in [0.3, 0.4) is 0 Å². The molecule has 2 aromatic heterocycles. The zero-order valence-corrected chi connectivity index (χ0v) is 17.3. The van der Waals surface area contributed by atoms with Crippen LogP contribution in [0.5, 0.6) is 5.75 Å². The SMILES string of the molecule is CCn1cc(CN2CCCC(c3nc(CCOc4cccc(C)c4)no3)C2)cn1. The van der Waals surface area contributed by atoms with E-state index in [1.165, 1.54) is 11.1 Å². The fraction of sp³-hybridized carbons (Fsp3) is 0.500. The van der Waals surface area contributed by atoms with Gasteiger partial charge < -0.3 is 9.26 Å². The van der Waals surface area contributed by atoms with E-state index in [4.69, 9.17) is 9.26 Å². The molecule has 7 nitrogen and oxygen atoms in total. The summed E-state index contributed by atoms with van der Waals surface area (Å²) >= 11 is 0. The van der Waals surface area contributed by atoms with Gasteiger partial charge >= 0.3 is 0 Å². The number of ether oxygens (including phenoxy) is 1. The molecule has 0 saturated carbocycles. The molecule has 0 spiro atoms. The Hall–Kier alpha value is -2.67. The van der Waals surface area contributed by atoms with Gasteiger partial charge in [0.15, 0.2) is 5.82 Å². The Morgan fingerprint density at radius 2 is 2.24 bits per heavy atom. The van der Waals surface area contributed by atoms with Gasteiger partial charge in [-0.1, -0.05) is 17.3 Å². The first-order valence-corrected chi connectivity index (χ1v) is 10.4. The Labute approximate surface area is 171 Å². The first-order chi connectivity index (χ1) is 14.2. The van der Waals surface area contributed by atoms with Crippen molar-refractivity contribution in [3.8, 4) is 5.75 Å². The van der Waals surface area contributed by atoms with Crippen molar-refractivity contribution >= 4 is 0 Å². The predicted octanol–water partition coefficient (Wildman–Crippen LogP) is 3.60. The lowest BCUT2D eigenvalue weighted by molar-refractivity contribution is 0.180. The van der Waals surface area contributed by atoms with Crippen molar-refractivity contribution in [3.63, 3.8) is 0 Å². The van der Waals surface area contributed by atoms with Gasteiger partial charge in [-0.25, -0.2) is 0 Å². The number of nitrogens with zero attached hydrogens (tertiary/aromatic N) is 5. The number of hydrogen-bond acceptors (Lipinski definition) is 6. The van der Waals surface area contributed by atoms with E-state index in [2.05, 4.69) is 46.2 Å². The van der Waals surface area contributed by atoms with Crippen molar-refractivity contribution in [1.82, 2.24) is 24.8 Å². The normalized spacial score (nSPS) is 17.5. The van der Waals surface area contributed by atoms with Crippen LogP contribution in [0.1, 0.15) is 48.5 Å². The molecule has 0 bridgehead atoms. The molecule has 3 heterocycles. The van der Waals surface area contributed by atoms with Crippen LogP contribution in [-0.4, -0.2) is 44.5 Å². The second-order valence-electron chi connectivity index (χ2n) is 7.74. The number of likely N-dealkylation sites (tertiary alicyclic amines) is 1. The molecule has 3 aromatic rings. The molecule has 7 heteroatoms. The smallest absolute Gasteiger partial charge is 0.231 e. The second kappa shape index (κ2) is 9.22. The molecule has 29 heavy (non-hydrogen) atoms. The molecule has 1 aromatic carbocycles. The Morgan fingerprint density at radius 1 is 1.31 bits per heavy atom. The average molecular weight is 396 g/mol. The van der Waals surface area contributed by atoms with Gasteiger partial charge in [-0.05, 0) is 50.9 Å². The summed E-state index contributed by atoms with van der Waals surface area (Å²) in [5.74, 6) is 2.64. The molecular formula is C22H29N5O2. The van der Waals surface area contributed by atoms with E-state index in [1.54, 1.807) is 0 Å². The maximum atomic E-state index is 5.80. The van der Waals surface area contributed by atoms with Crippen molar-refractivity contribution in [2.75, 3.05) is 19.7 Å². The molecule has 1 unspecified atom stereocenters. The van der Waals surface area contributed by atoms with Gasteiger partial charge in [0.05, 0.1) is 18.7 Å². The van der Waals surface area contributed by atoms with Gasteiger partial charge in [-0.3, -0.25) is 9.58 Å². The highest BCUT2D eigenvalue weighted by Gasteiger charge is 2.26. The van der Waals surface area contributed by atoms with E-state index in [-0.39, 0.29) is 0 Å². The number of hydrogen-bond donors (Lipinski definition) is 0. The quantitative estimate of drug-likeness (QED) is 0.580. The summed E-state index contributed by atoms with van der Waals surface area (Å²) in [5, 5.41) is 8.54. The van der Waals surface area contributed by atoms with Crippen LogP contribution in [0.25, 0.3) is 0 Å². The number of aromatic nitrogens is 4. The van der Waals surface area contributed by atoms with Crippen LogP contribution in [0, 0.1) is 6.92 Å². The van der Waals surface area contributed by atoms with Crippen LogP contribution in [0.4, 0.5) is 0 Å². The predicted molar refractivity (Wildman–Crippen MR) is 110 cm³/mol. The lowest BCUT2D eigenvalue weighted by Gasteiger charge is -2.30. The molecule has 0 N–H and O–H groups in total. The van der Waals surface area contributed by atoms with Crippen LogP contribution in [0.15, 0.2) is 41.2 Å². The van der Waals surface area contributed by atoms with E-state index < -0.39 is 0 Å². The highest BCUT2D eigenvalue weighted by Crippen LogP contribution is 2.26. The molecule has 1 saturated heterocycles. The molecule has 0 aliphatic carbocycles. The van der Waals surface area contributed by atoms with Gasteiger partial charge in [0.2, 0.25) is 5.89 Å². The molecular weight excluding hydrogens is 366 g/mol. The Morgan fingerprint density at radius 3 is 3.07 bits per heavy atom. The van der Waals surface area contributed by atoms with Gasteiger partial charge in [0.1, 0.15) is 5.75 Å². The Kier molecular flexibility index (Phi) is 6.24. The minimum atomic E-state index is 0.295.